The number of rotatable bonds is 1. The Morgan fingerprint density at radius 1 is 1.50 bits per heavy atom. The van der Waals surface area contributed by atoms with Crippen LogP contribution in [-0.4, -0.2) is 54.0 Å². The van der Waals surface area contributed by atoms with E-state index in [2.05, 4.69) is 10.2 Å². The third kappa shape index (κ3) is 4.37. The Morgan fingerprint density at radius 2 is 2.12 bits per heavy atom. The van der Waals surface area contributed by atoms with Crippen LogP contribution >= 0.6 is 0 Å². The number of piperidine rings is 1. The molecule has 0 aromatic rings. The molecule has 5 heteroatoms. The first-order valence-electron chi connectivity index (χ1n) is 5.64. The summed E-state index contributed by atoms with van der Waals surface area (Å²) in [6.07, 6.45) is -0.271. The number of likely N-dealkylation sites (N-methyl/N-ethyl adjacent to an activating group) is 1. The molecule has 0 unspecified atom stereocenters. The first-order valence-corrected chi connectivity index (χ1v) is 5.64. The highest BCUT2D eigenvalue weighted by Crippen LogP contribution is 2.11. The number of ether oxygens (including phenoxy) is 1. The molecule has 5 nitrogen and oxygen atoms in total. The summed E-state index contributed by atoms with van der Waals surface area (Å²) in [4.78, 5) is 13.6. The molecule has 0 spiro atoms. The van der Waals surface area contributed by atoms with Crippen LogP contribution in [0.3, 0.4) is 0 Å². The minimum absolute atomic E-state index is 0.242. The van der Waals surface area contributed by atoms with Crippen LogP contribution in [0.25, 0.3) is 0 Å². The number of hydrogen-bond acceptors (Lipinski definition) is 4. The lowest BCUT2D eigenvalue weighted by Gasteiger charge is -2.34. The number of aliphatic hydroxyl groups excluding tert-OH is 1. The molecule has 1 aliphatic heterocycles. The van der Waals surface area contributed by atoms with E-state index in [1.807, 2.05) is 27.8 Å². The van der Waals surface area contributed by atoms with Gasteiger partial charge in [-0.25, -0.2) is 4.79 Å². The molecule has 94 valence electrons. The van der Waals surface area contributed by atoms with E-state index in [-0.39, 0.29) is 6.04 Å². The van der Waals surface area contributed by atoms with E-state index in [1.165, 1.54) is 0 Å². The quantitative estimate of drug-likeness (QED) is 0.691. The standard InChI is InChI=1S/C11H22N2O3/c1-11(2,3)16-10(15)12-8-7-13(4)6-5-9(8)14/h8-9,14H,5-7H2,1-4H3,(H,12,15)/t8-,9+/m0/s1. The highest BCUT2D eigenvalue weighted by molar-refractivity contribution is 5.68. The van der Waals surface area contributed by atoms with Crippen LogP contribution in [0.4, 0.5) is 4.79 Å². The summed E-state index contributed by atoms with van der Waals surface area (Å²) in [7, 11) is 1.97. The summed E-state index contributed by atoms with van der Waals surface area (Å²) in [5.74, 6) is 0. The lowest BCUT2D eigenvalue weighted by Crippen LogP contribution is -2.54. The Balaban J connectivity index is 2.43. The average molecular weight is 230 g/mol. The van der Waals surface area contributed by atoms with Crippen LogP contribution in [0, 0.1) is 0 Å². The zero-order valence-electron chi connectivity index (χ0n) is 10.5. The monoisotopic (exact) mass is 230 g/mol. The maximum Gasteiger partial charge on any atom is 0.408 e. The Hall–Kier alpha value is -0.810. The molecule has 1 amide bonds. The molecule has 2 N–H and O–H groups in total. The van der Waals surface area contributed by atoms with Crippen molar-refractivity contribution in [2.24, 2.45) is 0 Å². The lowest BCUT2D eigenvalue weighted by atomic mass is 10.0. The van der Waals surface area contributed by atoms with Gasteiger partial charge in [-0.3, -0.25) is 0 Å². The van der Waals surface area contributed by atoms with Crippen molar-refractivity contribution in [3.05, 3.63) is 0 Å². The van der Waals surface area contributed by atoms with Crippen LogP contribution < -0.4 is 5.32 Å². The third-order valence-corrected chi connectivity index (χ3v) is 2.48. The molecule has 0 aromatic carbocycles. The van der Waals surface area contributed by atoms with Crippen molar-refractivity contribution in [1.29, 1.82) is 0 Å². The predicted molar refractivity (Wildman–Crippen MR) is 61.3 cm³/mol. The topological polar surface area (TPSA) is 61.8 Å². The van der Waals surface area contributed by atoms with Crippen molar-refractivity contribution in [3.63, 3.8) is 0 Å². The fraction of sp³-hybridized carbons (Fsp3) is 0.909. The van der Waals surface area contributed by atoms with Crippen LogP contribution in [0.1, 0.15) is 27.2 Å². The maximum atomic E-state index is 11.5. The van der Waals surface area contributed by atoms with Crippen LogP contribution in [0.15, 0.2) is 0 Å². The predicted octanol–water partition coefficient (Wildman–Crippen LogP) is 0.576. The molecule has 0 radical (unpaired) electrons. The summed E-state index contributed by atoms with van der Waals surface area (Å²) in [6, 6.07) is -0.242. The third-order valence-electron chi connectivity index (χ3n) is 2.48. The summed E-state index contributed by atoms with van der Waals surface area (Å²) in [6.45, 7) is 6.95. The molecule has 1 fully saturated rings. The van der Waals surface area contributed by atoms with Gasteiger partial charge >= 0.3 is 6.09 Å². The van der Waals surface area contributed by atoms with Gasteiger partial charge in [-0.2, -0.15) is 0 Å². The minimum Gasteiger partial charge on any atom is -0.444 e. The Kier molecular flexibility index (Phi) is 4.15. The molecular weight excluding hydrogens is 208 g/mol. The van der Waals surface area contributed by atoms with Crippen molar-refractivity contribution in [2.75, 3.05) is 20.1 Å². The van der Waals surface area contributed by atoms with Gasteiger partial charge in [-0.1, -0.05) is 0 Å². The van der Waals surface area contributed by atoms with E-state index >= 15 is 0 Å². The fourth-order valence-corrected chi connectivity index (χ4v) is 1.70. The van der Waals surface area contributed by atoms with Crippen LogP contribution in [0.5, 0.6) is 0 Å². The first-order chi connectivity index (χ1) is 7.28. The normalized spacial score (nSPS) is 27.6. The zero-order chi connectivity index (χ0) is 12.3. The summed E-state index contributed by atoms with van der Waals surface area (Å²) < 4.78 is 5.14. The number of alkyl carbamates (subject to hydrolysis) is 1. The van der Waals surface area contributed by atoms with Gasteiger partial charge in [0.05, 0.1) is 12.1 Å². The number of carbonyl (C=O) groups excluding carboxylic acids is 1. The Bertz CT molecular complexity index is 250. The van der Waals surface area contributed by atoms with Crippen molar-refractivity contribution in [2.45, 2.75) is 44.9 Å². The van der Waals surface area contributed by atoms with E-state index < -0.39 is 17.8 Å². The first kappa shape index (κ1) is 13.3. The number of nitrogens with one attached hydrogen (secondary N) is 1. The Labute approximate surface area is 96.8 Å². The summed E-state index contributed by atoms with van der Waals surface area (Å²) >= 11 is 0. The smallest absolute Gasteiger partial charge is 0.408 e. The number of aliphatic hydroxyl groups is 1. The molecule has 1 saturated heterocycles. The van der Waals surface area contributed by atoms with Gasteiger partial charge in [-0.05, 0) is 34.2 Å². The summed E-state index contributed by atoms with van der Waals surface area (Å²) in [5.41, 5.74) is -0.504. The van der Waals surface area contributed by atoms with Gasteiger partial charge in [0.2, 0.25) is 0 Å². The van der Waals surface area contributed by atoms with Gasteiger partial charge < -0.3 is 20.1 Å². The second kappa shape index (κ2) is 5.01. The second-order valence-electron chi connectivity index (χ2n) is 5.37. The average Bonchev–Trinajstić information content (AvgIpc) is 2.08. The highest BCUT2D eigenvalue weighted by atomic mass is 16.6. The van der Waals surface area contributed by atoms with Gasteiger partial charge in [0.1, 0.15) is 5.60 Å². The van der Waals surface area contributed by atoms with Gasteiger partial charge in [-0.15, -0.1) is 0 Å². The van der Waals surface area contributed by atoms with Crippen molar-refractivity contribution >= 4 is 6.09 Å². The molecule has 1 rings (SSSR count). The zero-order valence-corrected chi connectivity index (χ0v) is 10.5. The van der Waals surface area contributed by atoms with E-state index in [0.29, 0.717) is 13.0 Å². The number of hydrogen-bond donors (Lipinski definition) is 2. The number of likely N-dealkylation sites (tertiary alicyclic amines) is 1. The fourth-order valence-electron chi connectivity index (χ4n) is 1.70. The maximum absolute atomic E-state index is 11.5. The minimum atomic E-state index is -0.504. The molecule has 1 aliphatic rings. The molecule has 2 atom stereocenters. The molecule has 0 aliphatic carbocycles. The van der Waals surface area contributed by atoms with E-state index in [1.54, 1.807) is 0 Å². The number of amides is 1. The number of carbonyl (C=O) groups is 1. The van der Waals surface area contributed by atoms with E-state index in [0.717, 1.165) is 6.54 Å². The lowest BCUT2D eigenvalue weighted by molar-refractivity contribution is 0.0266. The van der Waals surface area contributed by atoms with Crippen molar-refractivity contribution in [1.82, 2.24) is 10.2 Å². The molecule has 0 aromatic heterocycles. The van der Waals surface area contributed by atoms with Crippen molar-refractivity contribution < 1.29 is 14.6 Å². The van der Waals surface area contributed by atoms with Gasteiger partial charge in [0, 0.05) is 13.1 Å². The molecule has 16 heavy (non-hydrogen) atoms. The largest absolute Gasteiger partial charge is 0.444 e. The van der Waals surface area contributed by atoms with Gasteiger partial charge in [0.15, 0.2) is 0 Å². The Morgan fingerprint density at radius 3 is 2.69 bits per heavy atom. The van der Waals surface area contributed by atoms with Crippen molar-refractivity contribution in [3.8, 4) is 0 Å². The highest BCUT2D eigenvalue weighted by Gasteiger charge is 2.28. The number of nitrogens with zero attached hydrogens (tertiary/aromatic N) is 1. The second-order valence-corrected chi connectivity index (χ2v) is 5.37. The SMILES string of the molecule is CN1CC[C@@H](O)[C@@H](NC(=O)OC(C)(C)C)C1. The van der Waals surface area contributed by atoms with Crippen LogP contribution in [0.2, 0.25) is 0 Å². The van der Waals surface area contributed by atoms with Crippen LogP contribution in [-0.2, 0) is 4.74 Å². The molecule has 0 bridgehead atoms. The van der Waals surface area contributed by atoms with Gasteiger partial charge in [0.25, 0.3) is 0 Å². The van der Waals surface area contributed by atoms with E-state index in [9.17, 15) is 9.90 Å². The molecule has 1 heterocycles. The van der Waals surface area contributed by atoms with E-state index in [4.69, 9.17) is 4.74 Å². The molecule has 0 saturated carbocycles. The summed E-state index contributed by atoms with van der Waals surface area (Å²) in [5, 5.41) is 12.4. The molecular formula is C11H22N2O3.